The maximum atomic E-state index is 7.38. The van der Waals surface area contributed by atoms with Crippen LogP contribution in [0.25, 0.3) is 106 Å². The number of aromatic nitrogens is 2. The molecule has 16 rings (SSSR count). The van der Waals surface area contributed by atoms with Crippen LogP contribution >= 0.6 is 0 Å². The van der Waals surface area contributed by atoms with Crippen LogP contribution in [0.2, 0.25) is 0 Å². The summed E-state index contributed by atoms with van der Waals surface area (Å²) in [6.07, 6.45) is 30.5. The molecule has 81 heavy (non-hydrogen) atoms. The number of likely N-dealkylation sites (N-methyl/N-ethyl adjacent to an activating group) is 1. The quantitative estimate of drug-likeness (QED) is 0.149. The van der Waals surface area contributed by atoms with Crippen molar-refractivity contribution < 1.29 is 13.7 Å². The zero-order chi connectivity index (χ0) is 54.3. The van der Waals surface area contributed by atoms with E-state index < -0.39 is 11.1 Å². The SMILES string of the molecule is CC1C=c2c(n(C3=CC=CCC3C)c3ccc4oc5c(C6C=CC(c7cccc8c7oc7ccc9c(c%10ccccc%10n9-c9ccccc9)c78)=CC6(C)C6(C)NC(C7=CCCC=C7)[NH+](C)C(c7ccccc7)N6)cccc5c4c23)=CC1. The third kappa shape index (κ3) is 7.18. The number of quaternary nitrogens is 1. The van der Waals surface area contributed by atoms with E-state index in [1.54, 1.807) is 0 Å². The minimum absolute atomic E-state index is 0.00380. The Balaban J connectivity index is 0.922. The summed E-state index contributed by atoms with van der Waals surface area (Å²) in [6, 6.07) is 53.2. The van der Waals surface area contributed by atoms with Gasteiger partial charge in [0.05, 0.1) is 29.3 Å². The lowest BCUT2D eigenvalue weighted by molar-refractivity contribution is -0.947. The standard InChI is InChI=1S/C74H65N5O2/c1-45-35-38-60-56(43-45)66-62(79(60)58-33-17-15-21-46(58)2)40-42-64-68(66)55-32-20-30-52(70(55)81-64)57-37-36-49(44-73(57,3)74(4)75-71(47-22-9-6-10-23-47)77(5)72(76-74)48-24-11-7-12-25-48)51-29-19-31-54-67-63(80-69(51)54)41-39-61-65(67)53-28-16-18-34-59(53)78(61)50-26-13-8-14-27-50/h6,8-11,13-20,22-34,36-46,57,71-72,75-76H,7,12,21,35H2,1-5H3/p+1. The van der Waals surface area contributed by atoms with Crippen molar-refractivity contribution in [2.45, 2.75) is 77.3 Å². The Hall–Kier alpha value is -8.46. The van der Waals surface area contributed by atoms with Gasteiger partial charge in [-0.1, -0.05) is 185 Å². The minimum Gasteiger partial charge on any atom is -0.456 e. The molecule has 398 valence electrons. The number of nitrogens with one attached hydrogen (secondary N) is 3. The van der Waals surface area contributed by atoms with Crippen molar-refractivity contribution in [3.63, 3.8) is 0 Å². The van der Waals surface area contributed by atoms with Crippen LogP contribution in [-0.4, -0.2) is 28.0 Å². The lowest BCUT2D eigenvalue weighted by atomic mass is 9.61. The summed E-state index contributed by atoms with van der Waals surface area (Å²) in [7, 11) is 2.34. The molecule has 0 bridgehead atoms. The van der Waals surface area contributed by atoms with Crippen LogP contribution in [0.1, 0.15) is 82.2 Å². The molecule has 7 aromatic carbocycles. The summed E-state index contributed by atoms with van der Waals surface area (Å²) < 4.78 is 19.5. The Bertz CT molecular complexity index is 4770. The highest BCUT2D eigenvalue weighted by Crippen LogP contribution is 2.54. The molecule has 8 atom stereocenters. The smallest absolute Gasteiger partial charge is 0.170 e. The van der Waals surface area contributed by atoms with E-state index in [9.17, 15) is 0 Å². The predicted molar refractivity (Wildman–Crippen MR) is 335 cm³/mol. The zero-order valence-corrected chi connectivity index (χ0v) is 46.6. The van der Waals surface area contributed by atoms with Crippen molar-refractivity contribution in [1.82, 2.24) is 19.8 Å². The molecule has 4 aliphatic carbocycles. The first-order chi connectivity index (χ1) is 39.7. The number of fused-ring (bicyclic) bond motifs is 14. The minimum atomic E-state index is -0.699. The Labute approximate surface area is 471 Å². The molecule has 11 aromatic rings. The molecule has 0 spiro atoms. The molecule has 5 aliphatic rings. The van der Waals surface area contributed by atoms with Gasteiger partial charge in [-0.15, -0.1) is 0 Å². The van der Waals surface area contributed by atoms with Crippen molar-refractivity contribution in [1.29, 1.82) is 0 Å². The van der Waals surface area contributed by atoms with Gasteiger partial charge in [-0.25, -0.2) is 10.6 Å². The fourth-order valence-corrected chi connectivity index (χ4v) is 15.2. The monoisotopic (exact) mass is 1060 g/mol. The van der Waals surface area contributed by atoms with E-state index in [-0.39, 0.29) is 18.2 Å². The number of rotatable bonds is 7. The molecule has 4 aromatic heterocycles. The van der Waals surface area contributed by atoms with Gasteiger partial charge in [-0.2, -0.15) is 0 Å². The first kappa shape index (κ1) is 48.4. The van der Waals surface area contributed by atoms with Gasteiger partial charge in [0.15, 0.2) is 12.3 Å². The maximum Gasteiger partial charge on any atom is 0.170 e. The second-order valence-corrected chi connectivity index (χ2v) is 24.2. The van der Waals surface area contributed by atoms with Gasteiger partial charge in [0.2, 0.25) is 0 Å². The molecular formula is C74H66N5O2+. The molecule has 1 saturated heterocycles. The number of hydrogen-bond acceptors (Lipinski definition) is 4. The summed E-state index contributed by atoms with van der Waals surface area (Å²) in [6.45, 7) is 9.59. The van der Waals surface area contributed by atoms with E-state index in [4.69, 9.17) is 8.83 Å². The summed E-state index contributed by atoms with van der Waals surface area (Å²) in [5, 5.41) is 19.7. The number of para-hydroxylation sites is 4. The molecular weight excluding hydrogens is 991 g/mol. The van der Waals surface area contributed by atoms with Crippen LogP contribution in [0.4, 0.5) is 0 Å². The number of allylic oxidation sites excluding steroid dienone is 9. The highest BCUT2D eigenvalue weighted by molar-refractivity contribution is 6.28. The zero-order valence-electron chi connectivity index (χ0n) is 46.6. The van der Waals surface area contributed by atoms with Crippen molar-refractivity contribution >= 4 is 100 Å². The first-order valence-electron chi connectivity index (χ1n) is 29.4. The van der Waals surface area contributed by atoms with Crippen LogP contribution in [0.5, 0.6) is 0 Å². The van der Waals surface area contributed by atoms with Gasteiger partial charge in [0.25, 0.3) is 0 Å². The van der Waals surface area contributed by atoms with E-state index in [0.29, 0.717) is 11.8 Å². The number of furan rings is 2. The van der Waals surface area contributed by atoms with Gasteiger partial charge in [0.1, 0.15) is 22.3 Å². The number of hydrogen-bond donors (Lipinski definition) is 3. The fourth-order valence-electron chi connectivity index (χ4n) is 15.2. The molecule has 1 fully saturated rings. The van der Waals surface area contributed by atoms with E-state index in [0.717, 1.165) is 92.1 Å². The fraction of sp³-hybridized carbons (Fsp3) is 0.216. The van der Waals surface area contributed by atoms with Crippen molar-refractivity contribution in [3.05, 3.63) is 233 Å². The average Bonchev–Trinajstić information content (AvgIpc) is 4.26. The van der Waals surface area contributed by atoms with Crippen molar-refractivity contribution in [2.24, 2.45) is 17.3 Å². The third-order valence-corrected chi connectivity index (χ3v) is 19.4. The summed E-state index contributed by atoms with van der Waals surface area (Å²) >= 11 is 0. The Kier molecular flexibility index (Phi) is 10.9. The van der Waals surface area contributed by atoms with Crippen LogP contribution in [0, 0.1) is 17.3 Å². The normalized spacial score (nSPS) is 25.7. The average molecular weight is 1060 g/mol. The lowest BCUT2D eigenvalue weighted by Crippen LogP contribution is -3.20. The van der Waals surface area contributed by atoms with Gasteiger partial charge >= 0.3 is 0 Å². The second kappa shape index (κ2) is 18.3. The second-order valence-electron chi connectivity index (χ2n) is 24.2. The van der Waals surface area contributed by atoms with Gasteiger partial charge in [-0.3, -0.25) is 4.90 Å². The van der Waals surface area contributed by atoms with Gasteiger partial charge in [0, 0.05) is 99.2 Å². The maximum absolute atomic E-state index is 7.38. The van der Waals surface area contributed by atoms with Crippen LogP contribution in [0.15, 0.2) is 215 Å². The van der Waals surface area contributed by atoms with E-state index in [1.165, 1.54) is 64.9 Å². The van der Waals surface area contributed by atoms with Crippen LogP contribution in [0.3, 0.4) is 0 Å². The topological polar surface area (TPSA) is 64.6 Å². The first-order valence-corrected chi connectivity index (χ1v) is 29.4. The predicted octanol–water partition coefficient (Wildman–Crippen LogP) is 15.0. The third-order valence-electron chi connectivity index (χ3n) is 19.4. The van der Waals surface area contributed by atoms with E-state index in [1.807, 2.05) is 0 Å². The molecule has 1 aliphatic heterocycles. The summed E-state index contributed by atoms with van der Waals surface area (Å²) in [4.78, 5) is 1.36. The van der Waals surface area contributed by atoms with Crippen molar-refractivity contribution in [3.8, 4) is 5.69 Å². The summed E-state index contributed by atoms with van der Waals surface area (Å²) in [5.41, 5.74) is 14.3. The molecule has 0 saturated carbocycles. The molecule has 7 nitrogen and oxygen atoms in total. The van der Waals surface area contributed by atoms with E-state index in [2.05, 4.69) is 267 Å². The highest BCUT2D eigenvalue weighted by Gasteiger charge is 2.56. The molecule has 0 amide bonds. The highest BCUT2D eigenvalue weighted by atomic mass is 16.3. The Morgan fingerprint density at radius 3 is 2.10 bits per heavy atom. The van der Waals surface area contributed by atoms with Crippen LogP contribution in [-0.2, 0) is 0 Å². The molecule has 8 unspecified atom stereocenters. The lowest BCUT2D eigenvalue weighted by Gasteiger charge is -2.57. The number of benzene rings is 7. The molecule has 5 heterocycles. The molecule has 0 radical (unpaired) electrons. The molecule has 3 N–H and O–H groups in total. The van der Waals surface area contributed by atoms with Gasteiger partial charge < -0.3 is 18.0 Å². The Morgan fingerprint density at radius 2 is 1.31 bits per heavy atom. The Morgan fingerprint density at radius 1 is 0.605 bits per heavy atom. The largest absolute Gasteiger partial charge is 0.456 e. The van der Waals surface area contributed by atoms with Gasteiger partial charge in [-0.05, 0) is 92.6 Å². The van der Waals surface area contributed by atoms with Crippen molar-refractivity contribution in [2.75, 3.05) is 7.05 Å². The summed E-state index contributed by atoms with van der Waals surface area (Å²) in [5.74, 6) is 0.689. The number of nitrogens with zero attached hydrogens (tertiary/aromatic N) is 2. The van der Waals surface area contributed by atoms with E-state index >= 15 is 0 Å². The van der Waals surface area contributed by atoms with Crippen LogP contribution < -0.4 is 26.1 Å². The molecule has 7 heteroatoms.